The number of fused-ring (bicyclic) bond motifs is 8. The highest BCUT2D eigenvalue weighted by Crippen LogP contribution is 2.49. The Labute approximate surface area is 324 Å². The summed E-state index contributed by atoms with van der Waals surface area (Å²) >= 11 is 3.59. The molecule has 0 bridgehead atoms. The van der Waals surface area contributed by atoms with Crippen LogP contribution in [0.3, 0.4) is 0 Å². The SMILES string of the molecule is CC1C=CC=C(c2sc(-c3ccccc3)c3nc4c5cccc6c7nc8c(-c9ccccc9)sc(-c9ccccc9)c8nc7c7cccc(c4nc23)c7c56)C1. The molecule has 0 amide bonds. The van der Waals surface area contributed by atoms with Crippen molar-refractivity contribution in [2.45, 2.75) is 13.3 Å². The third-order valence-corrected chi connectivity index (χ3v) is 13.7. The quantitative estimate of drug-likeness (QED) is 0.133. The van der Waals surface area contributed by atoms with Gasteiger partial charge in [-0.3, -0.25) is 0 Å². The van der Waals surface area contributed by atoms with Crippen LogP contribution in [-0.2, 0) is 0 Å². The van der Waals surface area contributed by atoms with Gasteiger partial charge in [0.15, 0.2) is 0 Å². The van der Waals surface area contributed by atoms with Gasteiger partial charge in [0.25, 0.3) is 0 Å². The Bertz CT molecular complexity index is 3400. The largest absolute Gasteiger partial charge is 0.242 e. The molecular weight excluding hydrogens is 709 g/mol. The van der Waals surface area contributed by atoms with Crippen molar-refractivity contribution >= 4 is 105 Å². The fourth-order valence-corrected chi connectivity index (χ4v) is 11.1. The molecule has 1 aliphatic rings. The number of hydrogen-bond acceptors (Lipinski definition) is 6. The summed E-state index contributed by atoms with van der Waals surface area (Å²) in [5.74, 6) is 0.469. The average Bonchev–Trinajstić information content (AvgIpc) is 3.81. The lowest BCUT2D eigenvalue weighted by Gasteiger charge is -2.16. The first-order valence-corrected chi connectivity index (χ1v) is 20.3. The van der Waals surface area contributed by atoms with E-state index < -0.39 is 0 Å². The number of benzene rings is 7. The third kappa shape index (κ3) is 4.56. The topological polar surface area (TPSA) is 51.6 Å². The molecule has 0 aliphatic heterocycles. The molecule has 6 heteroatoms. The van der Waals surface area contributed by atoms with Gasteiger partial charge in [-0.1, -0.05) is 153 Å². The van der Waals surface area contributed by atoms with Gasteiger partial charge >= 0.3 is 0 Å². The highest BCUT2D eigenvalue weighted by atomic mass is 32.1. The molecule has 0 fully saturated rings. The van der Waals surface area contributed by atoms with Gasteiger partial charge in [0.2, 0.25) is 0 Å². The molecule has 1 unspecified atom stereocenters. The summed E-state index contributed by atoms with van der Waals surface area (Å²) in [5.41, 5.74) is 12.3. The zero-order valence-electron chi connectivity index (χ0n) is 29.7. The second-order valence-electron chi connectivity index (χ2n) is 14.6. The molecule has 0 spiro atoms. The summed E-state index contributed by atoms with van der Waals surface area (Å²) < 4.78 is 0. The van der Waals surface area contributed by atoms with Gasteiger partial charge in [0, 0.05) is 32.3 Å². The molecule has 4 nitrogen and oxygen atoms in total. The summed E-state index contributed by atoms with van der Waals surface area (Å²) in [6, 6.07) is 45.0. The van der Waals surface area contributed by atoms with Crippen LogP contribution >= 0.6 is 22.7 Å². The maximum atomic E-state index is 5.64. The molecule has 0 radical (unpaired) electrons. The van der Waals surface area contributed by atoms with Crippen molar-refractivity contribution in [3.8, 4) is 31.3 Å². The second kappa shape index (κ2) is 11.8. The van der Waals surface area contributed by atoms with Gasteiger partial charge < -0.3 is 0 Å². The normalized spacial score (nSPS) is 14.8. The first-order valence-electron chi connectivity index (χ1n) is 18.7. The molecule has 0 saturated heterocycles. The first-order chi connectivity index (χ1) is 27.2. The fourth-order valence-electron chi connectivity index (χ4n) is 8.67. The second-order valence-corrected chi connectivity index (χ2v) is 16.6. The van der Waals surface area contributed by atoms with E-state index in [9.17, 15) is 0 Å². The monoisotopic (exact) mass is 738 g/mol. The molecular formula is C49H30N4S2. The fraction of sp³-hybridized carbons (Fsp3) is 0.0612. The molecule has 0 N–H and O–H groups in total. The summed E-state index contributed by atoms with van der Waals surface area (Å²) in [6.07, 6.45) is 7.73. The van der Waals surface area contributed by atoms with E-state index >= 15 is 0 Å². The summed E-state index contributed by atoms with van der Waals surface area (Å²) in [5, 5.41) is 6.70. The standard InChI is InChI=1S/C49H30N4S2/c1-27-14-11-21-31(26-27)49-45-44(48(55-49)30-19-9-4-10-20-30)52-40-34-24-12-22-32-36(34)37-33(23-13-25-35(37)41(40)53-45)39-38(32)50-42-43(51-39)47(29-17-7-3-8-18-29)54-46(42)28-15-5-2-6-16-28/h2-25,27H,26H2,1H3. The maximum absolute atomic E-state index is 5.64. The third-order valence-electron chi connectivity index (χ3n) is 11.1. The van der Waals surface area contributed by atoms with E-state index in [0.717, 1.165) is 97.9 Å². The van der Waals surface area contributed by atoms with Crippen LogP contribution < -0.4 is 0 Å². The highest BCUT2D eigenvalue weighted by Gasteiger charge is 2.26. The van der Waals surface area contributed by atoms with Crippen LogP contribution in [0.1, 0.15) is 18.2 Å². The first kappa shape index (κ1) is 31.1. The average molecular weight is 739 g/mol. The molecule has 4 aromatic heterocycles. The molecule has 4 heterocycles. The van der Waals surface area contributed by atoms with Crippen molar-refractivity contribution in [3.63, 3.8) is 0 Å². The Morgan fingerprint density at radius 1 is 0.418 bits per heavy atom. The van der Waals surface area contributed by atoms with Crippen molar-refractivity contribution < 1.29 is 0 Å². The van der Waals surface area contributed by atoms with Crippen LogP contribution in [0.25, 0.3) is 113 Å². The maximum Gasteiger partial charge on any atom is 0.109 e. The van der Waals surface area contributed by atoms with Crippen LogP contribution in [0.4, 0.5) is 0 Å². The van der Waals surface area contributed by atoms with Gasteiger partial charge in [-0.25, -0.2) is 19.9 Å². The molecule has 11 aromatic rings. The number of aromatic nitrogens is 4. The van der Waals surface area contributed by atoms with E-state index in [-0.39, 0.29) is 0 Å². The van der Waals surface area contributed by atoms with Crippen LogP contribution in [0, 0.1) is 5.92 Å². The van der Waals surface area contributed by atoms with Gasteiger partial charge in [-0.05, 0) is 34.6 Å². The summed E-state index contributed by atoms with van der Waals surface area (Å²) in [6.45, 7) is 2.28. The van der Waals surface area contributed by atoms with Crippen molar-refractivity contribution in [2.24, 2.45) is 5.92 Å². The summed E-state index contributed by atoms with van der Waals surface area (Å²) in [4.78, 5) is 27.1. The van der Waals surface area contributed by atoms with Gasteiger partial charge in [-0.15, -0.1) is 22.7 Å². The molecule has 258 valence electrons. The minimum Gasteiger partial charge on any atom is -0.242 e. The molecule has 1 atom stereocenters. The van der Waals surface area contributed by atoms with Gasteiger partial charge in [0.05, 0.1) is 41.6 Å². The van der Waals surface area contributed by atoms with E-state index in [1.54, 1.807) is 11.3 Å². The van der Waals surface area contributed by atoms with E-state index in [4.69, 9.17) is 19.9 Å². The van der Waals surface area contributed by atoms with E-state index in [1.807, 2.05) is 11.3 Å². The van der Waals surface area contributed by atoms with Crippen LogP contribution in [0.5, 0.6) is 0 Å². The Hall–Kier alpha value is -6.34. The Morgan fingerprint density at radius 3 is 1.16 bits per heavy atom. The van der Waals surface area contributed by atoms with Crippen molar-refractivity contribution in [1.82, 2.24) is 19.9 Å². The van der Waals surface area contributed by atoms with Gasteiger partial charge in [0.1, 0.15) is 22.1 Å². The molecule has 1 aliphatic carbocycles. The smallest absolute Gasteiger partial charge is 0.109 e. The molecule has 0 saturated carbocycles. The summed E-state index contributed by atoms with van der Waals surface area (Å²) in [7, 11) is 0. The zero-order chi connectivity index (χ0) is 36.2. The number of nitrogens with zero attached hydrogens (tertiary/aromatic N) is 4. The van der Waals surface area contributed by atoms with Crippen molar-refractivity contribution in [3.05, 3.63) is 150 Å². The van der Waals surface area contributed by atoms with E-state index in [1.165, 1.54) is 26.8 Å². The lowest BCUT2D eigenvalue weighted by molar-refractivity contribution is 0.750. The number of allylic oxidation sites excluding steroid dienone is 4. The predicted molar refractivity (Wildman–Crippen MR) is 234 cm³/mol. The lowest BCUT2D eigenvalue weighted by atomic mass is 9.91. The van der Waals surface area contributed by atoms with Crippen LogP contribution in [0.15, 0.2) is 146 Å². The Kier molecular flexibility index (Phi) is 6.68. The number of rotatable bonds is 4. The minimum absolute atomic E-state index is 0.469. The number of thiophene rings is 2. The minimum atomic E-state index is 0.469. The van der Waals surface area contributed by atoms with Gasteiger partial charge in [-0.2, -0.15) is 0 Å². The van der Waals surface area contributed by atoms with Crippen LogP contribution in [-0.4, -0.2) is 19.9 Å². The van der Waals surface area contributed by atoms with E-state index in [2.05, 4.69) is 153 Å². The lowest BCUT2D eigenvalue weighted by Crippen LogP contribution is -1.98. The van der Waals surface area contributed by atoms with E-state index in [0.29, 0.717) is 5.92 Å². The Balaban J connectivity index is 1.23. The number of hydrogen-bond donors (Lipinski definition) is 0. The molecule has 12 rings (SSSR count). The van der Waals surface area contributed by atoms with Crippen LogP contribution in [0.2, 0.25) is 0 Å². The zero-order valence-corrected chi connectivity index (χ0v) is 31.4. The van der Waals surface area contributed by atoms with Crippen molar-refractivity contribution in [1.29, 1.82) is 0 Å². The highest BCUT2D eigenvalue weighted by molar-refractivity contribution is 7.21. The van der Waals surface area contributed by atoms with Crippen molar-refractivity contribution in [2.75, 3.05) is 0 Å². The molecule has 55 heavy (non-hydrogen) atoms. The molecule has 7 aromatic carbocycles. The Morgan fingerprint density at radius 2 is 0.782 bits per heavy atom. The predicted octanol–water partition coefficient (Wildman–Crippen LogP) is 13.9.